The number of nitrogens with one attached hydrogen (secondary N) is 3. The molecule has 2 rings (SSSR count). The zero-order valence-corrected chi connectivity index (χ0v) is 16.6. The van der Waals surface area contributed by atoms with Crippen molar-refractivity contribution in [1.82, 2.24) is 0 Å². The highest BCUT2D eigenvalue weighted by molar-refractivity contribution is 6.33. The Morgan fingerprint density at radius 2 is 1.78 bits per heavy atom. The van der Waals surface area contributed by atoms with Crippen LogP contribution in [-0.4, -0.2) is 31.4 Å². The first-order valence-corrected chi connectivity index (χ1v) is 9.01. The van der Waals surface area contributed by atoms with Crippen LogP contribution >= 0.6 is 11.6 Å². The molecule has 0 radical (unpaired) electrons. The summed E-state index contributed by atoms with van der Waals surface area (Å²) in [7, 11) is 1.76. The molecule has 2 aromatic carbocycles. The first-order chi connectivity index (χ1) is 12.7. The highest BCUT2D eigenvalue weighted by Gasteiger charge is 2.25. The van der Waals surface area contributed by atoms with Gasteiger partial charge < -0.3 is 15.5 Å². The normalized spacial score (nSPS) is 13.0. The van der Waals surface area contributed by atoms with Crippen LogP contribution in [0.15, 0.2) is 36.4 Å². The summed E-state index contributed by atoms with van der Waals surface area (Å²) >= 11 is 5.94. The van der Waals surface area contributed by atoms with Gasteiger partial charge in [-0.15, -0.1) is 0 Å². The molecule has 0 aliphatic rings. The van der Waals surface area contributed by atoms with Crippen molar-refractivity contribution in [2.24, 2.45) is 0 Å². The maximum Gasteiger partial charge on any atom is 0.282 e. The van der Waals surface area contributed by atoms with E-state index in [0.29, 0.717) is 5.69 Å². The molecule has 0 fully saturated rings. The number of aryl methyl sites for hydroxylation is 2. The van der Waals surface area contributed by atoms with Gasteiger partial charge in [0, 0.05) is 5.69 Å². The smallest absolute Gasteiger partial charge is 0.282 e. The van der Waals surface area contributed by atoms with Gasteiger partial charge in [0.2, 0.25) is 0 Å². The second-order valence-corrected chi connectivity index (χ2v) is 7.08. The minimum atomic E-state index is -0.505. The quantitative estimate of drug-likeness (QED) is 0.707. The van der Waals surface area contributed by atoms with E-state index in [1.54, 1.807) is 14.0 Å². The molecule has 0 spiro atoms. The Bertz CT molecular complexity index is 837. The molecule has 5 nitrogen and oxygen atoms in total. The third kappa shape index (κ3) is 5.52. The van der Waals surface area contributed by atoms with Gasteiger partial charge in [0.15, 0.2) is 12.6 Å². The SMILES string of the molecule is Cc1cccc(C)c1NC(=O)C[NH+](C)[C@@H](C)C(=O)Nc1ccc(F)cc1Cl. The Kier molecular flexibility index (Phi) is 6.93. The number of para-hydroxylation sites is 1. The van der Waals surface area contributed by atoms with Crippen LogP contribution in [0.5, 0.6) is 0 Å². The molecule has 0 saturated heterocycles. The molecule has 2 amide bonds. The maximum atomic E-state index is 13.1. The predicted molar refractivity (Wildman–Crippen MR) is 106 cm³/mol. The van der Waals surface area contributed by atoms with E-state index in [-0.39, 0.29) is 23.4 Å². The van der Waals surface area contributed by atoms with Crippen LogP contribution in [0.2, 0.25) is 5.02 Å². The summed E-state index contributed by atoms with van der Waals surface area (Å²) in [6.45, 7) is 5.71. The lowest BCUT2D eigenvalue weighted by molar-refractivity contribution is -0.885. The number of rotatable bonds is 6. The van der Waals surface area contributed by atoms with E-state index in [4.69, 9.17) is 11.6 Å². The topological polar surface area (TPSA) is 62.6 Å². The van der Waals surface area contributed by atoms with Crippen LogP contribution in [0.1, 0.15) is 18.1 Å². The number of carbonyl (C=O) groups is 2. The number of quaternary nitrogens is 1. The number of anilines is 2. The van der Waals surface area contributed by atoms with Crippen LogP contribution in [0.4, 0.5) is 15.8 Å². The fourth-order valence-corrected chi connectivity index (χ4v) is 2.87. The minimum absolute atomic E-state index is 0.125. The van der Waals surface area contributed by atoms with E-state index in [1.807, 2.05) is 32.0 Å². The average Bonchev–Trinajstić information content (AvgIpc) is 2.60. The van der Waals surface area contributed by atoms with Crippen molar-refractivity contribution in [2.75, 3.05) is 24.2 Å². The fourth-order valence-electron chi connectivity index (χ4n) is 2.66. The van der Waals surface area contributed by atoms with E-state index in [9.17, 15) is 14.0 Å². The van der Waals surface area contributed by atoms with Gasteiger partial charge in [-0.05, 0) is 50.1 Å². The number of carbonyl (C=O) groups excluding carboxylic acids is 2. The van der Waals surface area contributed by atoms with Gasteiger partial charge in [-0.25, -0.2) is 4.39 Å². The van der Waals surface area contributed by atoms with Crippen LogP contribution in [-0.2, 0) is 9.59 Å². The third-order valence-corrected chi connectivity index (χ3v) is 4.82. The maximum absolute atomic E-state index is 13.1. The molecular formula is C20H24ClFN3O2+. The van der Waals surface area contributed by atoms with E-state index >= 15 is 0 Å². The van der Waals surface area contributed by atoms with Gasteiger partial charge in [0.1, 0.15) is 5.82 Å². The third-order valence-electron chi connectivity index (χ3n) is 4.51. The predicted octanol–water partition coefficient (Wildman–Crippen LogP) is 2.58. The van der Waals surface area contributed by atoms with Gasteiger partial charge in [0.05, 0.1) is 17.8 Å². The highest BCUT2D eigenvalue weighted by atomic mass is 35.5. The van der Waals surface area contributed by atoms with Gasteiger partial charge in [-0.3, -0.25) is 9.59 Å². The molecule has 3 N–H and O–H groups in total. The molecule has 0 aromatic heterocycles. The van der Waals surface area contributed by atoms with Crippen LogP contribution in [0.25, 0.3) is 0 Å². The highest BCUT2D eigenvalue weighted by Crippen LogP contribution is 2.22. The molecule has 1 unspecified atom stereocenters. The summed E-state index contributed by atoms with van der Waals surface area (Å²) in [5.74, 6) is -0.956. The molecule has 0 aliphatic carbocycles. The van der Waals surface area contributed by atoms with Gasteiger partial charge >= 0.3 is 0 Å². The number of hydrogen-bond acceptors (Lipinski definition) is 2. The Labute approximate surface area is 163 Å². The summed E-state index contributed by atoms with van der Waals surface area (Å²) in [6.07, 6.45) is 0. The molecule has 0 aliphatic heterocycles. The standard InChI is InChI=1S/C20H23ClFN3O2/c1-12-6-5-7-13(2)19(12)24-18(26)11-25(4)14(3)20(27)23-17-9-8-15(22)10-16(17)21/h5-10,14H,11H2,1-4H3,(H,23,27)(H,24,26)/p+1/t14-/m0/s1. The monoisotopic (exact) mass is 392 g/mol. The van der Waals surface area contributed by atoms with Gasteiger partial charge in [0.25, 0.3) is 11.8 Å². The molecule has 2 aromatic rings. The van der Waals surface area contributed by atoms with Crippen molar-refractivity contribution in [3.63, 3.8) is 0 Å². The Hall–Kier alpha value is -2.44. The first kappa shape index (κ1) is 20.9. The molecule has 2 atom stereocenters. The number of amides is 2. The summed E-state index contributed by atoms with van der Waals surface area (Å²) in [6, 6.07) is 9.06. The van der Waals surface area contributed by atoms with E-state index < -0.39 is 11.9 Å². The molecule has 0 bridgehead atoms. The van der Waals surface area contributed by atoms with Gasteiger partial charge in [-0.1, -0.05) is 29.8 Å². The molecule has 0 saturated carbocycles. The molecule has 7 heteroatoms. The zero-order valence-electron chi connectivity index (χ0n) is 15.8. The summed E-state index contributed by atoms with van der Waals surface area (Å²) in [4.78, 5) is 25.5. The molecule has 144 valence electrons. The summed E-state index contributed by atoms with van der Waals surface area (Å²) in [5.41, 5.74) is 3.10. The van der Waals surface area contributed by atoms with E-state index in [2.05, 4.69) is 10.6 Å². The lowest BCUT2D eigenvalue weighted by Crippen LogP contribution is -3.14. The van der Waals surface area contributed by atoms with Crippen LogP contribution in [0, 0.1) is 19.7 Å². The molecule has 0 heterocycles. The lowest BCUT2D eigenvalue weighted by atomic mass is 10.1. The number of benzene rings is 2. The van der Waals surface area contributed by atoms with Crippen molar-refractivity contribution >= 4 is 34.8 Å². The lowest BCUT2D eigenvalue weighted by Gasteiger charge is -2.21. The fraction of sp³-hybridized carbons (Fsp3) is 0.300. The Morgan fingerprint density at radius 3 is 2.37 bits per heavy atom. The average molecular weight is 393 g/mol. The number of likely N-dealkylation sites (N-methyl/N-ethyl adjacent to an activating group) is 1. The number of halogens is 2. The largest absolute Gasteiger partial charge is 0.321 e. The first-order valence-electron chi connectivity index (χ1n) is 8.63. The van der Waals surface area contributed by atoms with Crippen molar-refractivity contribution in [3.8, 4) is 0 Å². The second-order valence-electron chi connectivity index (χ2n) is 6.67. The summed E-state index contributed by atoms with van der Waals surface area (Å²) < 4.78 is 13.1. The van der Waals surface area contributed by atoms with Crippen molar-refractivity contribution in [2.45, 2.75) is 26.8 Å². The van der Waals surface area contributed by atoms with Crippen molar-refractivity contribution < 1.29 is 18.9 Å². The van der Waals surface area contributed by atoms with E-state index in [0.717, 1.165) is 27.8 Å². The minimum Gasteiger partial charge on any atom is -0.321 e. The summed E-state index contributed by atoms with van der Waals surface area (Å²) in [5, 5.41) is 5.71. The van der Waals surface area contributed by atoms with Crippen LogP contribution < -0.4 is 15.5 Å². The van der Waals surface area contributed by atoms with Crippen molar-refractivity contribution in [1.29, 1.82) is 0 Å². The zero-order chi connectivity index (χ0) is 20.1. The number of hydrogen-bond donors (Lipinski definition) is 3. The Morgan fingerprint density at radius 1 is 1.15 bits per heavy atom. The van der Waals surface area contributed by atoms with Crippen molar-refractivity contribution in [3.05, 3.63) is 58.4 Å². The Balaban J connectivity index is 1.96. The van der Waals surface area contributed by atoms with E-state index in [1.165, 1.54) is 12.1 Å². The van der Waals surface area contributed by atoms with Crippen LogP contribution in [0.3, 0.4) is 0 Å². The van der Waals surface area contributed by atoms with Gasteiger partial charge in [-0.2, -0.15) is 0 Å². The second kappa shape index (κ2) is 8.97. The molecular weight excluding hydrogens is 369 g/mol. The molecule has 27 heavy (non-hydrogen) atoms.